The van der Waals surface area contributed by atoms with Crippen molar-refractivity contribution in [2.24, 2.45) is 0 Å². The quantitative estimate of drug-likeness (QED) is 0.846. The Morgan fingerprint density at radius 1 is 1.44 bits per heavy atom. The summed E-state index contributed by atoms with van der Waals surface area (Å²) in [4.78, 5) is 13.4. The lowest BCUT2D eigenvalue weighted by Gasteiger charge is -2.20. The predicted octanol–water partition coefficient (Wildman–Crippen LogP) is 1.26. The second-order valence-corrected chi connectivity index (χ2v) is 3.80. The third-order valence-electron chi connectivity index (χ3n) is 2.66. The predicted molar refractivity (Wildman–Crippen MR) is 65.9 cm³/mol. The van der Waals surface area contributed by atoms with E-state index in [9.17, 15) is 4.79 Å². The number of urea groups is 1. The molecule has 2 N–H and O–H groups in total. The lowest BCUT2D eigenvalue weighted by molar-refractivity contribution is 0.174. The van der Waals surface area contributed by atoms with E-state index < -0.39 is 0 Å². The maximum absolute atomic E-state index is 11.9. The van der Waals surface area contributed by atoms with Crippen LogP contribution in [0.15, 0.2) is 18.2 Å². The molecular weight excluding hydrogens is 236 g/mol. The van der Waals surface area contributed by atoms with Gasteiger partial charge in [-0.2, -0.15) is 0 Å². The van der Waals surface area contributed by atoms with Gasteiger partial charge in [0.2, 0.25) is 6.79 Å². The standard InChI is InChI=1S/C12H16N2O4/c1-2-14(5-6-15)12(16)13-9-3-4-10-11(7-9)18-8-17-10/h3-4,7,15H,2,5-6,8H2,1H3,(H,13,16). The van der Waals surface area contributed by atoms with Gasteiger partial charge in [-0.05, 0) is 19.1 Å². The number of anilines is 1. The highest BCUT2D eigenvalue weighted by molar-refractivity contribution is 5.89. The number of ether oxygens (including phenoxy) is 2. The van der Waals surface area contributed by atoms with Gasteiger partial charge < -0.3 is 24.8 Å². The lowest BCUT2D eigenvalue weighted by atomic mass is 10.3. The fourth-order valence-electron chi connectivity index (χ4n) is 1.70. The fraction of sp³-hybridized carbons (Fsp3) is 0.417. The molecule has 1 aromatic rings. The monoisotopic (exact) mass is 252 g/mol. The van der Waals surface area contributed by atoms with Crippen molar-refractivity contribution in [3.63, 3.8) is 0 Å². The molecule has 98 valence electrons. The van der Waals surface area contributed by atoms with Crippen LogP contribution in [-0.4, -0.2) is 42.5 Å². The molecule has 1 heterocycles. The summed E-state index contributed by atoms with van der Waals surface area (Å²) in [5.74, 6) is 1.30. The minimum Gasteiger partial charge on any atom is -0.454 e. The summed E-state index contributed by atoms with van der Waals surface area (Å²) in [7, 11) is 0. The molecule has 0 aromatic heterocycles. The van der Waals surface area contributed by atoms with Crippen LogP contribution in [0.25, 0.3) is 0 Å². The third kappa shape index (κ3) is 2.65. The number of benzene rings is 1. The summed E-state index contributed by atoms with van der Waals surface area (Å²) in [6.07, 6.45) is 0. The Morgan fingerprint density at radius 3 is 2.94 bits per heavy atom. The molecule has 0 fully saturated rings. The highest BCUT2D eigenvalue weighted by Crippen LogP contribution is 2.34. The molecular formula is C12H16N2O4. The van der Waals surface area contributed by atoms with Crippen molar-refractivity contribution in [3.05, 3.63) is 18.2 Å². The topological polar surface area (TPSA) is 71.0 Å². The Bertz CT molecular complexity index is 436. The molecule has 0 aliphatic carbocycles. The number of aliphatic hydroxyl groups is 1. The van der Waals surface area contributed by atoms with E-state index in [0.29, 0.717) is 30.3 Å². The third-order valence-corrected chi connectivity index (χ3v) is 2.66. The largest absolute Gasteiger partial charge is 0.454 e. The van der Waals surface area contributed by atoms with Crippen molar-refractivity contribution in [2.45, 2.75) is 6.92 Å². The summed E-state index contributed by atoms with van der Waals surface area (Å²) in [6.45, 7) is 2.86. The summed E-state index contributed by atoms with van der Waals surface area (Å²) < 4.78 is 10.4. The van der Waals surface area contributed by atoms with Crippen LogP contribution in [0.5, 0.6) is 11.5 Å². The van der Waals surface area contributed by atoms with E-state index in [2.05, 4.69) is 5.32 Å². The molecule has 0 bridgehead atoms. The van der Waals surface area contributed by atoms with Crippen LogP contribution in [0.4, 0.5) is 10.5 Å². The molecule has 1 aliphatic rings. The van der Waals surface area contributed by atoms with Crippen LogP contribution in [-0.2, 0) is 0 Å². The summed E-state index contributed by atoms with van der Waals surface area (Å²) in [5, 5.41) is 11.6. The number of fused-ring (bicyclic) bond motifs is 1. The Labute approximate surface area is 105 Å². The molecule has 6 heteroatoms. The summed E-state index contributed by atoms with van der Waals surface area (Å²) >= 11 is 0. The second-order valence-electron chi connectivity index (χ2n) is 3.80. The number of hydrogen-bond donors (Lipinski definition) is 2. The SMILES string of the molecule is CCN(CCO)C(=O)Nc1ccc2c(c1)OCO2. The van der Waals surface area contributed by atoms with E-state index in [1.807, 2.05) is 6.92 Å². The molecule has 0 spiro atoms. The number of hydrogen-bond acceptors (Lipinski definition) is 4. The van der Waals surface area contributed by atoms with Crippen LogP contribution in [0.2, 0.25) is 0 Å². The van der Waals surface area contributed by atoms with E-state index >= 15 is 0 Å². The van der Waals surface area contributed by atoms with Crippen LogP contribution < -0.4 is 14.8 Å². The Balaban J connectivity index is 2.02. The van der Waals surface area contributed by atoms with Crippen molar-refractivity contribution in [1.82, 2.24) is 4.90 Å². The first-order valence-electron chi connectivity index (χ1n) is 5.81. The van der Waals surface area contributed by atoms with E-state index in [1.165, 1.54) is 4.90 Å². The van der Waals surface area contributed by atoms with Crippen molar-refractivity contribution in [2.75, 3.05) is 31.8 Å². The first kappa shape index (κ1) is 12.5. The summed E-state index contributed by atoms with van der Waals surface area (Å²) in [6, 6.07) is 4.97. The minimum atomic E-state index is -0.245. The van der Waals surface area contributed by atoms with E-state index in [4.69, 9.17) is 14.6 Å². The first-order valence-corrected chi connectivity index (χ1v) is 5.81. The van der Waals surface area contributed by atoms with Gasteiger partial charge in [0.25, 0.3) is 0 Å². The molecule has 6 nitrogen and oxygen atoms in total. The average molecular weight is 252 g/mol. The van der Waals surface area contributed by atoms with Crippen LogP contribution in [0.1, 0.15) is 6.92 Å². The Hall–Kier alpha value is -1.95. The van der Waals surface area contributed by atoms with Gasteiger partial charge in [-0.15, -0.1) is 0 Å². The highest BCUT2D eigenvalue weighted by atomic mass is 16.7. The molecule has 0 atom stereocenters. The van der Waals surface area contributed by atoms with Crippen LogP contribution in [0, 0.1) is 0 Å². The molecule has 18 heavy (non-hydrogen) atoms. The number of nitrogens with zero attached hydrogens (tertiary/aromatic N) is 1. The number of rotatable bonds is 4. The average Bonchev–Trinajstić information content (AvgIpc) is 2.83. The van der Waals surface area contributed by atoms with E-state index in [-0.39, 0.29) is 19.4 Å². The molecule has 0 unspecified atom stereocenters. The number of nitrogens with one attached hydrogen (secondary N) is 1. The first-order chi connectivity index (χ1) is 8.74. The number of amides is 2. The zero-order valence-corrected chi connectivity index (χ0v) is 10.2. The molecule has 1 aliphatic heterocycles. The van der Waals surface area contributed by atoms with Crippen molar-refractivity contribution in [3.8, 4) is 11.5 Å². The van der Waals surface area contributed by atoms with Gasteiger partial charge in [-0.25, -0.2) is 4.79 Å². The van der Waals surface area contributed by atoms with Gasteiger partial charge in [0.05, 0.1) is 6.61 Å². The van der Waals surface area contributed by atoms with Gasteiger partial charge in [0.15, 0.2) is 11.5 Å². The molecule has 0 saturated carbocycles. The molecule has 0 saturated heterocycles. The van der Waals surface area contributed by atoms with Gasteiger partial charge in [0, 0.05) is 24.8 Å². The Morgan fingerprint density at radius 2 is 2.22 bits per heavy atom. The van der Waals surface area contributed by atoms with Crippen LogP contribution in [0.3, 0.4) is 0 Å². The number of carbonyl (C=O) groups is 1. The van der Waals surface area contributed by atoms with Gasteiger partial charge in [0.1, 0.15) is 0 Å². The zero-order valence-electron chi connectivity index (χ0n) is 10.2. The molecule has 1 aromatic carbocycles. The van der Waals surface area contributed by atoms with Crippen LogP contribution >= 0.6 is 0 Å². The molecule has 2 rings (SSSR count). The van der Waals surface area contributed by atoms with Gasteiger partial charge >= 0.3 is 6.03 Å². The minimum absolute atomic E-state index is 0.0532. The normalized spacial score (nSPS) is 12.3. The lowest BCUT2D eigenvalue weighted by Crippen LogP contribution is -2.36. The van der Waals surface area contributed by atoms with Crippen molar-refractivity contribution < 1.29 is 19.4 Å². The number of carbonyl (C=O) groups excluding carboxylic acids is 1. The highest BCUT2D eigenvalue weighted by Gasteiger charge is 2.15. The maximum atomic E-state index is 11.9. The second kappa shape index (κ2) is 5.59. The van der Waals surface area contributed by atoms with Gasteiger partial charge in [-0.3, -0.25) is 0 Å². The van der Waals surface area contributed by atoms with E-state index in [0.717, 1.165) is 0 Å². The zero-order chi connectivity index (χ0) is 13.0. The smallest absolute Gasteiger partial charge is 0.321 e. The fourth-order valence-corrected chi connectivity index (χ4v) is 1.70. The number of likely N-dealkylation sites (N-methyl/N-ethyl adjacent to an activating group) is 1. The Kier molecular flexibility index (Phi) is 3.88. The van der Waals surface area contributed by atoms with E-state index in [1.54, 1.807) is 18.2 Å². The molecule has 0 radical (unpaired) electrons. The molecule has 2 amide bonds. The maximum Gasteiger partial charge on any atom is 0.321 e. The van der Waals surface area contributed by atoms with Gasteiger partial charge in [-0.1, -0.05) is 0 Å². The van der Waals surface area contributed by atoms with Crippen molar-refractivity contribution >= 4 is 11.7 Å². The summed E-state index contributed by atoms with van der Waals surface area (Å²) in [5.41, 5.74) is 0.639. The van der Waals surface area contributed by atoms with Crippen molar-refractivity contribution in [1.29, 1.82) is 0 Å². The number of aliphatic hydroxyl groups excluding tert-OH is 1.